The van der Waals surface area contributed by atoms with Gasteiger partial charge in [0.1, 0.15) is 41.8 Å². The van der Waals surface area contributed by atoms with Crippen molar-refractivity contribution in [1.29, 1.82) is 0 Å². The number of nitrogens with one attached hydrogen (secondary N) is 1. The molecule has 15 heteroatoms. The molecule has 4 aromatic carbocycles. The second-order valence-electron chi connectivity index (χ2n) is 11.2. The number of hydrogen-bond donors (Lipinski definition) is 1. The molecule has 2 atom stereocenters. The van der Waals surface area contributed by atoms with Crippen molar-refractivity contribution in [2.24, 2.45) is 7.05 Å². The van der Waals surface area contributed by atoms with Crippen molar-refractivity contribution in [3.8, 4) is 11.1 Å². The summed E-state index contributed by atoms with van der Waals surface area (Å²) in [5, 5.41) is 10.4. The molecular formula is C35H25ClF6N6O2. The van der Waals surface area contributed by atoms with Crippen LogP contribution in [0.15, 0.2) is 110 Å². The molecule has 0 aliphatic carbocycles. The van der Waals surface area contributed by atoms with E-state index in [0.717, 1.165) is 40.2 Å². The van der Waals surface area contributed by atoms with Gasteiger partial charge in [0.05, 0.1) is 12.1 Å². The molecule has 2 unspecified atom stereocenters. The van der Waals surface area contributed by atoms with Gasteiger partial charge in [-0.15, -0.1) is 0 Å². The zero-order valence-electron chi connectivity index (χ0n) is 25.9. The van der Waals surface area contributed by atoms with Crippen molar-refractivity contribution in [2.45, 2.75) is 24.4 Å². The summed E-state index contributed by atoms with van der Waals surface area (Å²) in [6.07, 6.45) is -0.973. The Balaban J connectivity index is 0.000000175. The average Bonchev–Trinajstić information content (AvgIpc) is 3.35. The maximum Gasteiger partial charge on any atom is 0.435 e. The molecule has 50 heavy (non-hydrogen) atoms. The van der Waals surface area contributed by atoms with Gasteiger partial charge in [-0.3, -0.25) is 9.48 Å². The fraction of sp³-hybridized carbons (Fsp3) is 0.143. The predicted octanol–water partition coefficient (Wildman–Crippen LogP) is 8.37. The van der Waals surface area contributed by atoms with Gasteiger partial charge in [-0.2, -0.15) is 23.4 Å². The van der Waals surface area contributed by atoms with E-state index in [2.05, 4.69) is 20.5 Å². The van der Waals surface area contributed by atoms with E-state index in [-0.39, 0.29) is 28.7 Å². The largest absolute Gasteiger partial charge is 0.435 e. The normalized spacial score (nSPS) is 16.8. The molecule has 1 amide bonds. The molecule has 8 nitrogen and oxygen atoms in total. The summed E-state index contributed by atoms with van der Waals surface area (Å²) in [6.45, 7) is 0.481. The van der Waals surface area contributed by atoms with Crippen LogP contribution < -0.4 is 5.32 Å². The second kappa shape index (κ2) is 13.8. The minimum absolute atomic E-state index is 0.0315. The van der Waals surface area contributed by atoms with E-state index in [0.29, 0.717) is 11.6 Å². The molecule has 0 radical (unpaired) electrons. The highest BCUT2D eigenvalue weighted by Crippen LogP contribution is 2.59. The van der Waals surface area contributed by atoms with Gasteiger partial charge in [-0.1, -0.05) is 60.1 Å². The van der Waals surface area contributed by atoms with Crippen LogP contribution in [0.3, 0.4) is 0 Å². The lowest BCUT2D eigenvalue weighted by Crippen LogP contribution is -2.19. The van der Waals surface area contributed by atoms with Crippen molar-refractivity contribution in [3.05, 3.63) is 155 Å². The topological polar surface area (TPSA) is 90.2 Å². The van der Waals surface area contributed by atoms with Crippen molar-refractivity contribution < 1.29 is 35.9 Å². The Kier molecular flexibility index (Phi) is 9.49. The number of anilines is 1. The first-order valence-electron chi connectivity index (χ1n) is 14.8. The van der Waals surface area contributed by atoms with Crippen molar-refractivity contribution in [2.75, 3.05) is 5.32 Å². The smallest absolute Gasteiger partial charge is 0.354 e. The van der Waals surface area contributed by atoms with Crippen LogP contribution in [0, 0.1) is 17.5 Å². The van der Waals surface area contributed by atoms with Gasteiger partial charge in [0.25, 0.3) is 5.91 Å². The molecule has 1 aliphatic rings. The Morgan fingerprint density at radius 3 is 2.34 bits per heavy atom. The highest BCUT2D eigenvalue weighted by molar-refractivity contribution is 6.31. The Morgan fingerprint density at radius 1 is 0.940 bits per heavy atom. The van der Waals surface area contributed by atoms with Gasteiger partial charge >= 0.3 is 6.18 Å². The summed E-state index contributed by atoms with van der Waals surface area (Å²) in [6, 6.07) is 22.6. The highest BCUT2D eigenvalue weighted by Gasteiger charge is 2.59. The minimum Gasteiger partial charge on any atom is -0.354 e. The number of para-hydroxylation sites is 1. The Hall–Kier alpha value is -5.47. The number of nitrogens with zero attached hydrogens (tertiary/aromatic N) is 5. The maximum absolute atomic E-state index is 14.1. The lowest BCUT2D eigenvalue weighted by molar-refractivity contribution is -0.141. The van der Waals surface area contributed by atoms with Crippen molar-refractivity contribution in [1.82, 2.24) is 24.5 Å². The molecule has 2 aromatic heterocycles. The number of carbonyl (C=O) groups is 1. The summed E-state index contributed by atoms with van der Waals surface area (Å²) < 4.78 is 88.7. The quantitative estimate of drug-likeness (QED) is 0.133. The fourth-order valence-electron chi connectivity index (χ4n) is 5.48. The molecule has 1 fully saturated rings. The first kappa shape index (κ1) is 34.4. The number of aryl methyl sites for hydroxylation is 1. The molecule has 1 N–H and O–H groups in total. The maximum atomic E-state index is 14.1. The molecule has 0 spiro atoms. The van der Waals surface area contributed by atoms with E-state index in [1.54, 1.807) is 23.1 Å². The molecule has 3 heterocycles. The number of alkyl halides is 3. The van der Waals surface area contributed by atoms with Crippen LogP contribution in [0.5, 0.6) is 0 Å². The second-order valence-corrected chi connectivity index (χ2v) is 11.6. The van der Waals surface area contributed by atoms with Crippen LogP contribution in [0.2, 0.25) is 5.02 Å². The van der Waals surface area contributed by atoms with E-state index in [4.69, 9.17) is 16.3 Å². The Bertz CT molecular complexity index is 2140. The fourth-order valence-corrected chi connectivity index (χ4v) is 5.72. The standard InChI is InChI=1S/C18H12F5N3O.C17H13ClFN3O/c1-26-9-13(16(25-26)18(21,22)23)17(27)24-15-5-3-2-4-11(15)12-8-10(19)6-7-14(12)20;18-15-4-2-1-3-14(15)16-17(23-16,9-22-11-20-10-21-22)12-5-7-13(19)8-6-12/h2-9H,1H3,(H,24,27);1-8,10-11,16H,9H2. The molecule has 256 valence electrons. The number of ether oxygens (including phenoxy) is 1. The van der Waals surface area contributed by atoms with Gasteiger partial charge in [-0.25, -0.2) is 22.8 Å². The SMILES string of the molecule is Cn1cc(C(=O)Nc2ccccc2-c2cc(F)ccc2F)c(C(F)(F)F)n1.Fc1ccc(C2(Cn3cncn3)OC2c2ccccc2Cl)cc1. The van der Waals surface area contributed by atoms with E-state index in [1.165, 1.54) is 49.8 Å². The van der Waals surface area contributed by atoms with Crippen LogP contribution in [0.25, 0.3) is 11.1 Å². The van der Waals surface area contributed by atoms with Crippen LogP contribution >= 0.6 is 11.6 Å². The van der Waals surface area contributed by atoms with Crippen LogP contribution in [-0.2, 0) is 30.1 Å². The number of benzene rings is 4. The summed E-state index contributed by atoms with van der Waals surface area (Å²) in [7, 11) is 1.25. The van der Waals surface area contributed by atoms with Gasteiger partial charge < -0.3 is 10.1 Å². The lowest BCUT2D eigenvalue weighted by Gasteiger charge is -2.14. The number of carbonyl (C=O) groups excluding carboxylic acids is 1. The zero-order chi connectivity index (χ0) is 35.6. The molecule has 7 rings (SSSR count). The Labute approximate surface area is 285 Å². The van der Waals surface area contributed by atoms with Gasteiger partial charge in [-0.05, 0) is 48.0 Å². The Morgan fingerprint density at radius 2 is 1.64 bits per heavy atom. The molecule has 1 saturated heterocycles. The minimum atomic E-state index is -4.82. The van der Waals surface area contributed by atoms with E-state index >= 15 is 0 Å². The summed E-state index contributed by atoms with van der Waals surface area (Å²) in [5.41, 5.74) is -0.807. The van der Waals surface area contributed by atoms with Crippen molar-refractivity contribution in [3.63, 3.8) is 0 Å². The summed E-state index contributed by atoms with van der Waals surface area (Å²) >= 11 is 6.31. The predicted molar refractivity (Wildman–Crippen MR) is 171 cm³/mol. The number of halogens is 7. The molecule has 1 aliphatic heterocycles. The number of rotatable bonds is 7. The molecule has 6 aromatic rings. The highest BCUT2D eigenvalue weighted by atomic mass is 35.5. The van der Waals surface area contributed by atoms with Gasteiger partial charge in [0.2, 0.25) is 0 Å². The monoisotopic (exact) mass is 710 g/mol. The third-order valence-corrected chi connectivity index (χ3v) is 8.16. The third kappa shape index (κ3) is 7.26. The van der Waals surface area contributed by atoms with Gasteiger partial charge in [0, 0.05) is 40.6 Å². The van der Waals surface area contributed by atoms with Crippen LogP contribution in [0.1, 0.15) is 33.3 Å². The number of amides is 1. The molecule has 0 bridgehead atoms. The molecule has 0 saturated carbocycles. The summed E-state index contributed by atoms with van der Waals surface area (Å²) in [4.78, 5) is 16.4. The summed E-state index contributed by atoms with van der Waals surface area (Å²) in [5.74, 6) is -2.78. The lowest BCUT2D eigenvalue weighted by atomic mass is 9.91. The number of aromatic nitrogens is 5. The third-order valence-electron chi connectivity index (χ3n) is 7.81. The van der Waals surface area contributed by atoms with Gasteiger partial charge in [0.15, 0.2) is 5.69 Å². The number of hydrogen-bond acceptors (Lipinski definition) is 5. The molecular weight excluding hydrogens is 686 g/mol. The van der Waals surface area contributed by atoms with Crippen molar-refractivity contribution >= 4 is 23.2 Å². The van der Waals surface area contributed by atoms with Crippen LogP contribution in [0.4, 0.5) is 32.0 Å². The van der Waals surface area contributed by atoms with E-state index in [1.807, 2.05) is 24.3 Å². The zero-order valence-corrected chi connectivity index (χ0v) is 26.6. The van der Waals surface area contributed by atoms with Crippen LogP contribution in [-0.4, -0.2) is 30.5 Å². The number of epoxide rings is 1. The van der Waals surface area contributed by atoms with E-state index < -0.39 is 40.6 Å². The average molecular weight is 711 g/mol. The van der Waals surface area contributed by atoms with E-state index in [9.17, 15) is 31.1 Å². The first-order valence-corrected chi connectivity index (χ1v) is 15.2. The first-order chi connectivity index (χ1) is 23.9.